The number of nitrogens with one attached hydrogen (secondary N) is 1. The summed E-state index contributed by atoms with van der Waals surface area (Å²) in [6, 6.07) is 17.3. The molecule has 0 bridgehead atoms. The summed E-state index contributed by atoms with van der Waals surface area (Å²) >= 11 is 0. The molecule has 0 unspecified atom stereocenters. The lowest BCUT2D eigenvalue weighted by Crippen LogP contribution is -2.72. The topological polar surface area (TPSA) is 86.7 Å². The summed E-state index contributed by atoms with van der Waals surface area (Å²) in [4.78, 5) is 37.6. The van der Waals surface area contributed by atoms with Crippen LogP contribution in [0.5, 0.6) is 0 Å². The number of hydrogen-bond donors (Lipinski definition) is 2. The lowest BCUT2D eigenvalue weighted by molar-refractivity contribution is -0.170. The second kappa shape index (κ2) is 7.00. The fourth-order valence-corrected chi connectivity index (χ4v) is 3.26. The molecule has 6 heteroatoms. The minimum atomic E-state index is -1.54. The van der Waals surface area contributed by atoms with Crippen molar-refractivity contribution in [2.24, 2.45) is 0 Å². The molecule has 2 atom stereocenters. The van der Waals surface area contributed by atoms with Crippen molar-refractivity contribution >= 4 is 17.9 Å². The molecular formula is C20H20N2O4. The molecule has 3 amide bonds. The van der Waals surface area contributed by atoms with E-state index in [2.05, 4.69) is 5.32 Å². The molecule has 0 radical (unpaired) electrons. The number of likely N-dealkylation sites (tertiary alicyclic amines) is 1. The van der Waals surface area contributed by atoms with Gasteiger partial charge in [-0.3, -0.25) is 4.79 Å². The quantitative estimate of drug-likeness (QED) is 0.810. The number of β-lactam (4-membered cyclic amide) rings is 1. The average Bonchev–Trinajstić information content (AvgIpc) is 2.62. The highest BCUT2D eigenvalue weighted by Gasteiger charge is 2.60. The Morgan fingerprint density at radius 1 is 1.12 bits per heavy atom. The van der Waals surface area contributed by atoms with Crippen LogP contribution in [0.2, 0.25) is 0 Å². The van der Waals surface area contributed by atoms with Crippen molar-refractivity contribution < 1.29 is 19.5 Å². The van der Waals surface area contributed by atoms with Crippen LogP contribution in [0, 0.1) is 0 Å². The van der Waals surface area contributed by atoms with Gasteiger partial charge in [0, 0.05) is 6.42 Å². The fraction of sp³-hybridized carbons (Fsp3) is 0.250. The first-order chi connectivity index (χ1) is 12.4. The Morgan fingerprint density at radius 2 is 1.69 bits per heavy atom. The second-order valence-corrected chi connectivity index (χ2v) is 6.49. The van der Waals surface area contributed by atoms with Gasteiger partial charge in [-0.2, -0.15) is 0 Å². The van der Waals surface area contributed by atoms with Crippen molar-refractivity contribution in [2.75, 3.05) is 0 Å². The van der Waals surface area contributed by atoms with E-state index in [4.69, 9.17) is 0 Å². The van der Waals surface area contributed by atoms with Gasteiger partial charge in [-0.15, -0.1) is 0 Å². The van der Waals surface area contributed by atoms with Crippen LogP contribution in [-0.2, 0) is 16.0 Å². The van der Waals surface area contributed by atoms with Crippen LogP contribution in [-0.4, -0.2) is 33.5 Å². The van der Waals surface area contributed by atoms with E-state index in [-0.39, 0.29) is 18.9 Å². The predicted molar refractivity (Wildman–Crippen MR) is 95.4 cm³/mol. The maximum absolute atomic E-state index is 12.7. The third kappa shape index (κ3) is 3.18. The Hall–Kier alpha value is -3.15. The molecule has 134 valence electrons. The molecule has 1 aliphatic rings. The molecule has 0 spiro atoms. The smallest absolute Gasteiger partial charge is 0.331 e. The van der Waals surface area contributed by atoms with Crippen LogP contribution in [0.3, 0.4) is 0 Å². The zero-order valence-electron chi connectivity index (χ0n) is 14.4. The van der Waals surface area contributed by atoms with E-state index in [9.17, 15) is 19.5 Å². The van der Waals surface area contributed by atoms with Crippen molar-refractivity contribution in [2.45, 2.75) is 31.3 Å². The normalized spacial score (nSPS) is 20.2. The number of urea groups is 1. The van der Waals surface area contributed by atoms with Gasteiger partial charge in [-0.1, -0.05) is 60.7 Å². The van der Waals surface area contributed by atoms with Crippen LogP contribution in [0.15, 0.2) is 60.7 Å². The number of aliphatic carboxylic acids is 1. The molecule has 2 aromatic carbocycles. The number of carboxylic acid groups (broad SMARTS) is 1. The standard InChI is InChI=1S/C20H20N2O4/c1-14(16-10-6-3-7-11-16)21-19(26)22-17(23)13-20(22,18(24)25)12-15-8-4-2-5-9-15/h2-11,14H,12-13H2,1H3,(H,21,26)(H,24,25)/t14-,20-/m1/s1. The third-order valence-corrected chi connectivity index (χ3v) is 4.70. The van der Waals surface area contributed by atoms with E-state index in [1.807, 2.05) is 36.4 Å². The molecule has 0 aliphatic carbocycles. The molecule has 1 saturated heterocycles. The van der Waals surface area contributed by atoms with Crippen molar-refractivity contribution in [3.05, 3.63) is 71.8 Å². The van der Waals surface area contributed by atoms with Crippen LogP contribution >= 0.6 is 0 Å². The van der Waals surface area contributed by atoms with Gasteiger partial charge in [0.25, 0.3) is 0 Å². The molecule has 3 rings (SSSR count). The molecule has 1 heterocycles. The van der Waals surface area contributed by atoms with Crippen LogP contribution < -0.4 is 5.32 Å². The molecule has 1 aliphatic heterocycles. The van der Waals surface area contributed by atoms with Gasteiger partial charge < -0.3 is 10.4 Å². The average molecular weight is 352 g/mol. The number of carboxylic acids is 1. The van der Waals surface area contributed by atoms with Gasteiger partial charge in [0.05, 0.1) is 12.5 Å². The molecule has 6 nitrogen and oxygen atoms in total. The first-order valence-electron chi connectivity index (χ1n) is 8.40. The summed E-state index contributed by atoms with van der Waals surface area (Å²) in [7, 11) is 0. The minimum absolute atomic E-state index is 0.0854. The summed E-state index contributed by atoms with van der Waals surface area (Å²) in [5.41, 5.74) is 0.0907. The number of hydrogen-bond acceptors (Lipinski definition) is 3. The zero-order chi connectivity index (χ0) is 18.7. The number of carbonyl (C=O) groups is 3. The maximum atomic E-state index is 12.7. The Morgan fingerprint density at radius 3 is 2.23 bits per heavy atom. The van der Waals surface area contributed by atoms with E-state index in [1.54, 1.807) is 31.2 Å². The number of rotatable bonds is 5. The Labute approximate surface area is 151 Å². The van der Waals surface area contributed by atoms with Gasteiger partial charge in [0.2, 0.25) is 5.91 Å². The highest BCUT2D eigenvalue weighted by atomic mass is 16.4. The number of imide groups is 1. The van der Waals surface area contributed by atoms with Crippen LogP contribution in [0.25, 0.3) is 0 Å². The highest BCUT2D eigenvalue weighted by molar-refractivity contribution is 6.08. The van der Waals surface area contributed by atoms with E-state index in [0.29, 0.717) is 0 Å². The Kier molecular flexibility index (Phi) is 4.75. The van der Waals surface area contributed by atoms with Gasteiger partial charge in [-0.25, -0.2) is 14.5 Å². The van der Waals surface area contributed by atoms with Gasteiger partial charge in [0.15, 0.2) is 5.54 Å². The summed E-state index contributed by atoms with van der Waals surface area (Å²) < 4.78 is 0. The Balaban J connectivity index is 1.80. The largest absolute Gasteiger partial charge is 0.479 e. The second-order valence-electron chi connectivity index (χ2n) is 6.49. The molecule has 26 heavy (non-hydrogen) atoms. The fourth-order valence-electron chi connectivity index (χ4n) is 3.26. The molecule has 0 aromatic heterocycles. The molecule has 1 fully saturated rings. The highest BCUT2D eigenvalue weighted by Crippen LogP contribution is 2.36. The molecule has 0 saturated carbocycles. The summed E-state index contributed by atoms with van der Waals surface area (Å²) in [5.74, 6) is -1.66. The monoisotopic (exact) mass is 352 g/mol. The third-order valence-electron chi connectivity index (χ3n) is 4.70. The van der Waals surface area contributed by atoms with E-state index in [0.717, 1.165) is 16.0 Å². The predicted octanol–water partition coefficient (Wildman–Crippen LogP) is 2.76. The van der Waals surface area contributed by atoms with Crippen LogP contribution in [0.1, 0.15) is 30.5 Å². The van der Waals surface area contributed by atoms with E-state index >= 15 is 0 Å². The van der Waals surface area contributed by atoms with Crippen molar-refractivity contribution in [1.82, 2.24) is 10.2 Å². The number of benzene rings is 2. The zero-order valence-corrected chi connectivity index (χ0v) is 14.4. The van der Waals surface area contributed by atoms with Gasteiger partial charge in [0.1, 0.15) is 0 Å². The van der Waals surface area contributed by atoms with Gasteiger partial charge in [-0.05, 0) is 18.1 Å². The first-order valence-corrected chi connectivity index (χ1v) is 8.40. The number of carbonyl (C=O) groups excluding carboxylic acids is 2. The van der Waals surface area contributed by atoms with E-state index in [1.165, 1.54) is 0 Å². The van der Waals surface area contributed by atoms with Gasteiger partial charge >= 0.3 is 12.0 Å². The Bertz CT molecular complexity index is 822. The van der Waals surface area contributed by atoms with Crippen molar-refractivity contribution in [3.8, 4) is 0 Å². The summed E-state index contributed by atoms with van der Waals surface area (Å²) in [6.45, 7) is 1.79. The molecular weight excluding hydrogens is 332 g/mol. The van der Waals surface area contributed by atoms with E-state index < -0.39 is 23.4 Å². The molecule has 2 aromatic rings. The first kappa shape index (κ1) is 17.7. The molecule has 2 N–H and O–H groups in total. The van der Waals surface area contributed by atoms with Crippen molar-refractivity contribution in [1.29, 1.82) is 0 Å². The summed E-state index contributed by atoms with van der Waals surface area (Å²) in [6.07, 6.45) is -0.105. The number of nitrogens with zero attached hydrogens (tertiary/aromatic N) is 1. The number of amides is 3. The maximum Gasteiger partial charge on any atom is 0.331 e. The van der Waals surface area contributed by atoms with Crippen molar-refractivity contribution in [3.63, 3.8) is 0 Å². The SMILES string of the molecule is C[C@@H](NC(=O)N1C(=O)C[C@]1(Cc1ccccc1)C(=O)O)c1ccccc1. The lowest BCUT2D eigenvalue weighted by Gasteiger charge is -2.47. The summed E-state index contributed by atoms with van der Waals surface area (Å²) in [5, 5.41) is 12.5. The lowest BCUT2D eigenvalue weighted by atomic mass is 9.78. The van der Waals surface area contributed by atoms with Crippen LogP contribution in [0.4, 0.5) is 4.79 Å². The minimum Gasteiger partial charge on any atom is -0.479 e.